The first-order valence-corrected chi connectivity index (χ1v) is 10.3. The molecule has 33 heavy (non-hydrogen) atoms. The maximum absolute atomic E-state index is 13.5. The smallest absolute Gasteiger partial charge is 0.278 e. The summed E-state index contributed by atoms with van der Waals surface area (Å²) in [5.74, 6) is 0.0500. The summed E-state index contributed by atoms with van der Waals surface area (Å²) in [6.45, 7) is 1.19. The molecule has 4 rings (SSSR count). The van der Waals surface area contributed by atoms with E-state index >= 15 is 0 Å². The number of fused-ring (bicyclic) bond motifs is 1. The van der Waals surface area contributed by atoms with E-state index in [0.29, 0.717) is 33.7 Å². The first kappa shape index (κ1) is 21.8. The molecule has 8 heteroatoms. The van der Waals surface area contributed by atoms with Crippen molar-refractivity contribution in [2.75, 3.05) is 17.7 Å². The number of hydrogen-bond acceptors (Lipinski definition) is 5. The standard InChI is InChI=1S/C25H22N4O4/c1-16(30)26-20-8-4-3-7-19(20)24-25(32)29(22-10-6-5-9-21(22)28-24)15-23(31)27-17-11-13-18(33-2)14-12-17/h3-14H,15H2,1-2H3,(H,26,30)(H,27,31). The highest BCUT2D eigenvalue weighted by molar-refractivity contribution is 5.94. The second kappa shape index (κ2) is 9.35. The molecule has 0 saturated carbocycles. The molecule has 0 spiro atoms. The van der Waals surface area contributed by atoms with Crippen LogP contribution in [0.25, 0.3) is 22.3 Å². The molecule has 0 bridgehead atoms. The molecule has 0 radical (unpaired) electrons. The van der Waals surface area contributed by atoms with E-state index in [2.05, 4.69) is 15.6 Å². The SMILES string of the molecule is COc1ccc(NC(=O)Cn2c(=O)c(-c3ccccc3NC(C)=O)nc3ccccc32)cc1. The molecule has 0 aliphatic carbocycles. The van der Waals surface area contributed by atoms with E-state index in [4.69, 9.17) is 4.74 Å². The molecule has 8 nitrogen and oxygen atoms in total. The van der Waals surface area contributed by atoms with Gasteiger partial charge in [-0.25, -0.2) is 4.98 Å². The fraction of sp³-hybridized carbons (Fsp3) is 0.120. The average molecular weight is 442 g/mol. The van der Waals surface area contributed by atoms with Crippen molar-refractivity contribution < 1.29 is 14.3 Å². The molecule has 0 atom stereocenters. The zero-order valence-electron chi connectivity index (χ0n) is 18.2. The van der Waals surface area contributed by atoms with Gasteiger partial charge in [0, 0.05) is 18.2 Å². The van der Waals surface area contributed by atoms with Gasteiger partial charge in [0.2, 0.25) is 11.8 Å². The number of anilines is 2. The first-order valence-electron chi connectivity index (χ1n) is 10.3. The van der Waals surface area contributed by atoms with Crippen molar-refractivity contribution in [3.05, 3.63) is 83.2 Å². The lowest BCUT2D eigenvalue weighted by Crippen LogP contribution is -2.30. The molecule has 0 unspecified atom stereocenters. The third kappa shape index (κ3) is 4.74. The minimum atomic E-state index is -0.434. The lowest BCUT2D eigenvalue weighted by Gasteiger charge is -2.14. The van der Waals surface area contributed by atoms with Crippen LogP contribution in [-0.4, -0.2) is 28.5 Å². The van der Waals surface area contributed by atoms with Crippen LogP contribution in [0.1, 0.15) is 6.92 Å². The van der Waals surface area contributed by atoms with Crippen LogP contribution in [-0.2, 0) is 16.1 Å². The molecule has 0 saturated heterocycles. The number of amides is 2. The summed E-state index contributed by atoms with van der Waals surface area (Å²) < 4.78 is 6.52. The van der Waals surface area contributed by atoms with Crippen LogP contribution < -0.4 is 20.9 Å². The van der Waals surface area contributed by atoms with Crippen molar-refractivity contribution in [3.63, 3.8) is 0 Å². The van der Waals surface area contributed by atoms with Gasteiger partial charge in [-0.2, -0.15) is 0 Å². The summed E-state index contributed by atoms with van der Waals surface area (Å²) in [5.41, 5.74) is 2.34. The first-order chi connectivity index (χ1) is 16.0. The normalized spacial score (nSPS) is 10.6. The number of para-hydroxylation sites is 3. The van der Waals surface area contributed by atoms with Crippen molar-refractivity contribution >= 4 is 34.2 Å². The Morgan fingerprint density at radius 2 is 1.64 bits per heavy atom. The van der Waals surface area contributed by atoms with Crippen molar-refractivity contribution in [2.45, 2.75) is 13.5 Å². The van der Waals surface area contributed by atoms with Gasteiger partial charge in [0.1, 0.15) is 18.0 Å². The summed E-state index contributed by atoms with van der Waals surface area (Å²) in [6, 6.07) is 21.0. The van der Waals surface area contributed by atoms with Crippen LogP contribution in [0.2, 0.25) is 0 Å². The van der Waals surface area contributed by atoms with Crippen LogP contribution in [0, 0.1) is 0 Å². The van der Waals surface area contributed by atoms with Gasteiger partial charge in [-0.3, -0.25) is 19.0 Å². The molecular weight excluding hydrogens is 420 g/mol. The van der Waals surface area contributed by atoms with E-state index in [1.165, 1.54) is 11.5 Å². The van der Waals surface area contributed by atoms with Gasteiger partial charge < -0.3 is 15.4 Å². The van der Waals surface area contributed by atoms with Crippen molar-refractivity contribution in [2.24, 2.45) is 0 Å². The number of carbonyl (C=O) groups excluding carboxylic acids is 2. The third-order valence-corrected chi connectivity index (χ3v) is 5.02. The largest absolute Gasteiger partial charge is 0.497 e. The van der Waals surface area contributed by atoms with Crippen LogP contribution in [0.5, 0.6) is 5.75 Å². The second-order valence-corrected chi connectivity index (χ2v) is 7.34. The maximum atomic E-state index is 13.5. The lowest BCUT2D eigenvalue weighted by molar-refractivity contribution is -0.117. The van der Waals surface area contributed by atoms with Gasteiger partial charge >= 0.3 is 0 Å². The fourth-order valence-electron chi connectivity index (χ4n) is 3.53. The highest BCUT2D eigenvalue weighted by Crippen LogP contribution is 2.25. The van der Waals surface area contributed by atoms with Gasteiger partial charge in [-0.15, -0.1) is 0 Å². The number of ether oxygens (including phenoxy) is 1. The van der Waals surface area contributed by atoms with Crippen LogP contribution in [0.3, 0.4) is 0 Å². The minimum Gasteiger partial charge on any atom is -0.497 e. The summed E-state index contributed by atoms with van der Waals surface area (Å²) in [5, 5.41) is 5.53. The Morgan fingerprint density at radius 3 is 2.36 bits per heavy atom. The Bertz CT molecular complexity index is 1390. The van der Waals surface area contributed by atoms with Gasteiger partial charge in [0.05, 0.1) is 23.8 Å². The maximum Gasteiger partial charge on any atom is 0.278 e. The van der Waals surface area contributed by atoms with E-state index < -0.39 is 5.56 Å². The van der Waals surface area contributed by atoms with Gasteiger partial charge in [-0.1, -0.05) is 30.3 Å². The molecule has 0 aliphatic rings. The van der Waals surface area contributed by atoms with Crippen LogP contribution >= 0.6 is 0 Å². The van der Waals surface area contributed by atoms with E-state index in [-0.39, 0.29) is 24.1 Å². The van der Waals surface area contributed by atoms with E-state index in [9.17, 15) is 14.4 Å². The molecule has 166 valence electrons. The van der Waals surface area contributed by atoms with Crippen molar-refractivity contribution in [1.82, 2.24) is 9.55 Å². The molecule has 0 aliphatic heterocycles. The molecular formula is C25H22N4O4. The van der Waals surface area contributed by atoms with Gasteiger partial charge in [0.15, 0.2) is 0 Å². The van der Waals surface area contributed by atoms with E-state index in [1.807, 2.05) is 6.07 Å². The number of benzene rings is 3. The lowest BCUT2D eigenvalue weighted by atomic mass is 10.1. The van der Waals surface area contributed by atoms with Gasteiger partial charge in [0.25, 0.3) is 5.56 Å². The predicted molar refractivity (Wildman–Crippen MR) is 127 cm³/mol. The van der Waals surface area contributed by atoms with Crippen LogP contribution in [0.15, 0.2) is 77.6 Å². The molecule has 2 amide bonds. The van der Waals surface area contributed by atoms with Crippen LogP contribution in [0.4, 0.5) is 11.4 Å². The minimum absolute atomic E-state index is 0.148. The zero-order chi connectivity index (χ0) is 23.4. The highest BCUT2D eigenvalue weighted by Gasteiger charge is 2.17. The third-order valence-electron chi connectivity index (χ3n) is 5.02. The van der Waals surface area contributed by atoms with E-state index in [0.717, 1.165) is 0 Å². The van der Waals surface area contributed by atoms with Gasteiger partial charge in [-0.05, 0) is 42.5 Å². The molecule has 3 aromatic carbocycles. The quantitative estimate of drug-likeness (QED) is 0.474. The topological polar surface area (TPSA) is 102 Å². The Balaban J connectivity index is 1.75. The number of methoxy groups -OCH3 is 1. The van der Waals surface area contributed by atoms with E-state index in [1.54, 1.807) is 73.8 Å². The summed E-state index contributed by atoms with van der Waals surface area (Å²) in [7, 11) is 1.57. The number of aromatic nitrogens is 2. The number of nitrogens with one attached hydrogen (secondary N) is 2. The predicted octanol–water partition coefficient (Wildman–Crippen LogP) is 3.67. The molecule has 4 aromatic rings. The average Bonchev–Trinajstić information content (AvgIpc) is 2.81. The van der Waals surface area contributed by atoms with Crippen molar-refractivity contribution in [1.29, 1.82) is 0 Å². The summed E-state index contributed by atoms with van der Waals surface area (Å²) in [6.07, 6.45) is 0. The summed E-state index contributed by atoms with van der Waals surface area (Å²) >= 11 is 0. The highest BCUT2D eigenvalue weighted by atomic mass is 16.5. The molecule has 2 N–H and O–H groups in total. The fourth-order valence-corrected chi connectivity index (χ4v) is 3.53. The second-order valence-electron chi connectivity index (χ2n) is 7.34. The number of carbonyl (C=O) groups is 2. The monoisotopic (exact) mass is 442 g/mol. The number of hydrogen-bond donors (Lipinski definition) is 2. The molecule has 0 fully saturated rings. The Kier molecular flexibility index (Phi) is 6.17. The molecule has 1 heterocycles. The number of rotatable bonds is 6. The zero-order valence-corrected chi connectivity index (χ0v) is 18.2. The Hall–Kier alpha value is -4.46. The number of nitrogens with zero attached hydrogens (tertiary/aromatic N) is 2. The Morgan fingerprint density at radius 1 is 0.939 bits per heavy atom. The van der Waals surface area contributed by atoms with Crippen molar-refractivity contribution in [3.8, 4) is 17.0 Å². The Labute approximate surface area is 189 Å². The molecule has 1 aromatic heterocycles. The summed E-state index contributed by atoms with van der Waals surface area (Å²) in [4.78, 5) is 42.5.